The van der Waals surface area contributed by atoms with Crippen LogP contribution in [0.5, 0.6) is 0 Å². The first-order valence-electron chi connectivity index (χ1n) is 15.4. The summed E-state index contributed by atoms with van der Waals surface area (Å²) in [4.78, 5) is 0. The highest BCUT2D eigenvalue weighted by molar-refractivity contribution is 6.21. The summed E-state index contributed by atoms with van der Waals surface area (Å²) in [5, 5.41) is 8.30. The Labute approximate surface area is 260 Å². The lowest BCUT2D eigenvalue weighted by Crippen LogP contribution is -1.76. The first kappa shape index (κ1) is 24.1. The predicted molar refractivity (Wildman–Crippen MR) is 186 cm³/mol. The molecule has 11 rings (SSSR count). The van der Waals surface area contributed by atoms with Crippen molar-refractivity contribution in [3.05, 3.63) is 133 Å². The van der Waals surface area contributed by atoms with Crippen LogP contribution in [0, 0.1) is 0 Å². The van der Waals surface area contributed by atoms with E-state index >= 15 is 0 Å². The molecule has 0 radical (unpaired) electrons. The molecular weight excluding hydrogens is 568 g/mol. The summed E-state index contributed by atoms with van der Waals surface area (Å²) in [5.74, 6) is 0. The molecule has 0 amide bonds. The van der Waals surface area contributed by atoms with Crippen molar-refractivity contribution < 1.29 is 17.7 Å². The summed E-state index contributed by atoms with van der Waals surface area (Å²) in [6, 6.07) is 46.2. The van der Waals surface area contributed by atoms with Crippen molar-refractivity contribution in [3.8, 4) is 22.3 Å². The average molecular weight is 591 g/mol. The van der Waals surface area contributed by atoms with Crippen LogP contribution in [0.4, 0.5) is 0 Å². The van der Waals surface area contributed by atoms with Crippen molar-refractivity contribution in [1.82, 2.24) is 0 Å². The quantitative estimate of drug-likeness (QED) is 0.201. The second-order valence-corrected chi connectivity index (χ2v) is 12.1. The highest BCUT2D eigenvalue weighted by Gasteiger charge is 2.19. The van der Waals surface area contributed by atoms with E-state index in [9.17, 15) is 0 Å². The zero-order valence-corrected chi connectivity index (χ0v) is 24.3. The third kappa shape index (κ3) is 3.33. The van der Waals surface area contributed by atoms with Crippen molar-refractivity contribution in [2.45, 2.75) is 0 Å². The number of furan rings is 4. The van der Waals surface area contributed by atoms with E-state index in [4.69, 9.17) is 17.7 Å². The molecule has 0 spiro atoms. The molecule has 0 aliphatic carbocycles. The fourth-order valence-corrected chi connectivity index (χ4v) is 7.20. The second kappa shape index (κ2) is 8.68. The molecule has 7 aromatic carbocycles. The van der Waals surface area contributed by atoms with Gasteiger partial charge < -0.3 is 17.7 Å². The maximum Gasteiger partial charge on any atom is 0.139 e. The number of hydrogen-bond acceptors (Lipinski definition) is 4. The Morgan fingerprint density at radius 2 is 0.543 bits per heavy atom. The lowest BCUT2D eigenvalue weighted by Gasteiger charge is -2.01. The number of rotatable bonds is 2. The molecule has 11 aromatic rings. The van der Waals surface area contributed by atoms with Crippen molar-refractivity contribution in [1.29, 1.82) is 0 Å². The molecular formula is C42H22O4. The first-order valence-corrected chi connectivity index (χ1v) is 15.4. The molecule has 0 aliphatic rings. The Morgan fingerprint density at radius 1 is 0.217 bits per heavy atom. The fraction of sp³-hybridized carbons (Fsp3) is 0. The van der Waals surface area contributed by atoms with Gasteiger partial charge in [0, 0.05) is 49.2 Å². The molecule has 0 unspecified atom stereocenters. The Kier molecular flexibility index (Phi) is 4.55. The van der Waals surface area contributed by atoms with Gasteiger partial charge in [-0.1, -0.05) is 72.8 Å². The van der Waals surface area contributed by atoms with E-state index in [0.717, 1.165) is 98.9 Å². The summed E-state index contributed by atoms with van der Waals surface area (Å²) < 4.78 is 25.6. The highest BCUT2D eigenvalue weighted by Crippen LogP contribution is 2.42. The van der Waals surface area contributed by atoms with Crippen molar-refractivity contribution >= 4 is 87.8 Å². The van der Waals surface area contributed by atoms with E-state index in [1.54, 1.807) is 0 Å². The molecule has 0 bridgehead atoms. The monoisotopic (exact) mass is 590 g/mol. The summed E-state index contributed by atoms with van der Waals surface area (Å²) in [6.45, 7) is 0. The Balaban J connectivity index is 1.09. The van der Waals surface area contributed by atoms with Crippen LogP contribution in [0.15, 0.2) is 151 Å². The molecule has 0 saturated heterocycles. The standard InChI is InChI=1S/C42H22O4/c1-3-7-23(8-4-1)25-11-13-35-27(15-25)31-18-39-33(20-37(31)43-35)29-17-30-34-21-38-32(19-40(34)46-42(30)22-41(29)45-39)28-16-26(12-14-36(28)44-38)24-9-5-2-6-10-24/h1-22H. The van der Waals surface area contributed by atoms with Gasteiger partial charge >= 0.3 is 0 Å². The zero-order chi connectivity index (χ0) is 29.9. The summed E-state index contributed by atoms with van der Waals surface area (Å²) in [7, 11) is 0. The van der Waals surface area contributed by atoms with Crippen LogP contribution in [-0.2, 0) is 0 Å². The van der Waals surface area contributed by atoms with E-state index < -0.39 is 0 Å². The van der Waals surface area contributed by atoms with E-state index in [1.165, 1.54) is 11.1 Å². The van der Waals surface area contributed by atoms with Gasteiger partial charge in [-0.3, -0.25) is 0 Å². The van der Waals surface area contributed by atoms with Gasteiger partial charge in [0.25, 0.3) is 0 Å². The molecule has 4 nitrogen and oxygen atoms in total. The van der Waals surface area contributed by atoms with E-state index in [1.807, 2.05) is 18.2 Å². The maximum absolute atomic E-state index is 6.45. The molecule has 0 saturated carbocycles. The Bertz CT molecular complexity index is 2800. The van der Waals surface area contributed by atoms with Crippen LogP contribution < -0.4 is 0 Å². The third-order valence-electron chi connectivity index (χ3n) is 9.46. The molecule has 46 heavy (non-hydrogen) atoms. The Morgan fingerprint density at radius 3 is 0.957 bits per heavy atom. The minimum atomic E-state index is 0.783. The van der Waals surface area contributed by atoms with Gasteiger partial charge in [-0.05, 0) is 76.9 Å². The van der Waals surface area contributed by atoms with Gasteiger partial charge in [-0.15, -0.1) is 0 Å². The van der Waals surface area contributed by atoms with E-state index in [-0.39, 0.29) is 0 Å². The highest BCUT2D eigenvalue weighted by atomic mass is 16.4. The first-order chi connectivity index (χ1) is 22.7. The molecule has 4 heterocycles. The Hall–Kier alpha value is -6.26. The molecule has 0 atom stereocenters. The lowest BCUT2D eigenvalue weighted by molar-refractivity contribution is 0.654. The average Bonchev–Trinajstić information content (AvgIpc) is 3.84. The van der Waals surface area contributed by atoms with Crippen LogP contribution in [0.1, 0.15) is 0 Å². The largest absolute Gasteiger partial charge is 0.456 e. The van der Waals surface area contributed by atoms with Crippen LogP contribution in [-0.4, -0.2) is 0 Å². The van der Waals surface area contributed by atoms with Gasteiger partial charge in [0.05, 0.1) is 0 Å². The van der Waals surface area contributed by atoms with Gasteiger partial charge in [0.2, 0.25) is 0 Å². The summed E-state index contributed by atoms with van der Waals surface area (Å²) >= 11 is 0. The van der Waals surface area contributed by atoms with Crippen LogP contribution in [0.2, 0.25) is 0 Å². The minimum absolute atomic E-state index is 0.783. The smallest absolute Gasteiger partial charge is 0.139 e. The molecule has 0 fully saturated rings. The van der Waals surface area contributed by atoms with Gasteiger partial charge in [-0.2, -0.15) is 0 Å². The SMILES string of the molecule is c1ccc(-c2ccc3oc4cc5c(cc4c3c2)oc2cc3oc4cc6c(cc4c3cc25)oc2ccc(-c3ccccc3)cc26)cc1. The molecule has 214 valence electrons. The maximum atomic E-state index is 6.45. The van der Waals surface area contributed by atoms with Crippen LogP contribution in [0.3, 0.4) is 0 Å². The van der Waals surface area contributed by atoms with E-state index in [0.29, 0.717) is 0 Å². The third-order valence-corrected chi connectivity index (χ3v) is 9.46. The number of benzene rings is 7. The van der Waals surface area contributed by atoms with Crippen molar-refractivity contribution in [2.24, 2.45) is 0 Å². The summed E-state index contributed by atoms with van der Waals surface area (Å²) in [6.07, 6.45) is 0. The second-order valence-electron chi connectivity index (χ2n) is 12.1. The normalized spacial score (nSPS) is 12.3. The minimum Gasteiger partial charge on any atom is -0.456 e. The van der Waals surface area contributed by atoms with Gasteiger partial charge in [0.15, 0.2) is 0 Å². The van der Waals surface area contributed by atoms with Crippen LogP contribution >= 0.6 is 0 Å². The van der Waals surface area contributed by atoms with Crippen LogP contribution in [0.25, 0.3) is 110 Å². The zero-order valence-electron chi connectivity index (χ0n) is 24.3. The van der Waals surface area contributed by atoms with Crippen molar-refractivity contribution in [2.75, 3.05) is 0 Å². The van der Waals surface area contributed by atoms with Gasteiger partial charge in [0.1, 0.15) is 44.7 Å². The summed E-state index contributed by atoms with van der Waals surface area (Å²) in [5.41, 5.74) is 11.3. The predicted octanol–water partition coefficient (Wildman–Crippen LogP) is 12.6. The molecule has 0 N–H and O–H groups in total. The van der Waals surface area contributed by atoms with E-state index in [2.05, 4.69) is 115 Å². The topological polar surface area (TPSA) is 52.6 Å². The number of hydrogen-bond donors (Lipinski definition) is 0. The van der Waals surface area contributed by atoms with Gasteiger partial charge in [-0.25, -0.2) is 0 Å². The number of fused-ring (bicyclic) bond motifs is 12. The molecule has 4 heteroatoms. The lowest BCUT2D eigenvalue weighted by atomic mass is 10.0. The van der Waals surface area contributed by atoms with Crippen molar-refractivity contribution in [3.63, 3.8) is 0 Å². The molecule has 0 aliphatic heterocycles. The fourth-order valence-electron chi connectivity index (χ4n) is 7.20. The molecule has 4 aromatic heterocycles.